The lowest BCUT2D eigenvalue weighted by molar-refractivity contribution is 0.199. The number of nitrogens with zero attached hydrogens (tertiary/aromatic N) is 1. The van der Waals surface area contributed by atoms with Crippen LogP contribution < -0.4 is 4.90 Å². The van der Waals surface area contributed by atoms with Crippen molar-refractivity contribution in [3.8, 4) is 0 Å². The molecule has 1 atom stereocenters. The molecule has 104 valence electrons. The predicted molar refractivity (Wildman–Crippen MR) is 78.8 cm³/mol. The molecule has 0 aromatic heterocycles. The summed E-state index contributed by atoms with van der Waals surface area (Å²) in [6.45, 7) is 2.45. The molecule has 0 bridgehead atoms. The highest BCUT2D eigenvalue weighted by Gasteiger charge is 2.24. The third-order valence-electron chi connectivity index (χ3n) is 3.85. The molecule has 1 unspecified atom stereocenters. The van der Waals surface area contributed by atoms with Gasteiger partial charge in [0.25, 0.3) is 0 Å². The number of hydrogen-bond donors (Lipinski definition) is 1. The second-order valence-electron chi connectivity index (χ2n) is 5.24. The van der Waals surface area contributed by atoms with E-state index in [0.29, 0.717) is 11.3 Å². The van der Waals surface area contributed by atoms with Crippen molar-refractivity contribution < 1.29 is 9.50 Å². The van der Waals surface area contributed by atoms with Crippen LogP contribution in [0.4, 0.5) is 15.8 Å². The Hall–Kier alpha value is -1.87. The Labute approximate surface area is 118 Å². The molecule has 3 rings (SSSR count). The molecule has 0 saturated carbocycles. The predicted octanol–water partition coefficient (Wildman–Crippen LogP) is 3.96. The highest BCUT2D eigenvalue weighted by molar-refractivity contribution is 5.71. The Morgan fingerprint density at radius 3 is 2.75 bits per heavy atom. The summed E-state index contributed by atoms with van der Waals surface area (Å²) in [6, 6.07) is 13.0. The fourth-order valence-corrected chi connectivity index (χ4v) is 2.92. The highest BCUT2D eigenvalue weighted by Crippen LogP contribution is 2.38. The van der Waals surface area contributed by atoms with Gasteiger partial charge in [-0.15, -0.1) is 0 Å². The zero-order valence-corrected chi connectivity index (χ0v) is 11.5. The Morgan fingerprint density at radius 1 is 1.15 bits per heavy atom. The molecule has 0 aliphatic carbocycles. The molecule has 20 heavy (non-hydrogen) atoms. The largest absolute Gasteiger partial charge is 0.389 e. The van der Waals surface area contributed by atoms with E-state index in [1.54, 1.807) is 19.1 Å². The third kappa shape index (κ3) is 2.18. The number of para-hydroxylation sites is 2. The lowest BCUT2D eigenvalue weighted by Gasteiger charge is -2.33. The average molecular weight is 271 g/mol. The molecule has 0 spiro atoms. The molecular formula is C17H18FNO. The first-order valence-electron chi connectivity index (χ1n) is 7.00. The Kier molecular flexibility index (Phi) is 3.45. The van der Waals surface area contributed by atoms with Crippen LogP contribution in [0.25, 0.3) is 0 Å². The van der Waals surface area contributed by atoms with E-state index in [-0.39, 0.29) is 5.82 Å². The van der Waals surface area contributed by atoms with Gasteiger partial charge in [0.2, 0.25) is 0 Å². The zero-order valence-electron chi connectivity index (χ0n) is 11.5. The Morgan fingerprint density at radius 2 is 1.95 bits per heavy atom. The minimum Gasteiger partial charge on any atom is -0.389 e. The third-order valence-corrected chi connectivity index (χ3v) is 3.85. The second kappa shape index (κ2) is 5.25. The maximum absolute atomic E-state index is 14.3. The number of fused-ring (bicyclic) bond motifs is 1. The first-order chi connectivity index (χ1) is 9.68. The number of halogens is 1. The maximum Gasteiger partial charge on any atom is 0.147 e. The minimum absolute atomic E-state index is 0.278. The maximum atomic E-state index is 14.3. The summed E-state index contributed by atoms with van der Waals surface area (Å²) >= 11 is 0. The van der Waals surface area contributed by atoms with Crippen LogP contribution in [0.5, 0.6) is 0 Å². The van der Waals surface area contributed by atoms with E-state index in [4.69, 9.17) is 0 Å². The summed E-state index contributed by atoms with van der Waals surface area (Å²) in [7, 11) is 0. The van der Waals surface area contributed by atoms with Gasteiger partial charge in [0.15, 0.2) is 0 Å². The summed E-state index contributed by atoms with van der Waals surface area (Å²) in [4.78, 5) is 2.00. The van der Waals surface area contributed by atoms with E-state index in [1.165, 1.54) is 11.6 Å². The zero-order chi connectivity index (χ0) is 14.1. The first kappa shape index (κ1) is 13.1. The molecule has 1 heterocycles. The number of aryl methyl sites for hydroxylation is 1. The van der Waals surface area contributed by atoms with Crippen LogP contribution in [0.2, 0.25) is 0 Å². The van der Waals surface area contributed by atoms with Crippen LogP contribution in [-0.4, -0.2) is 11.7 Å². The standard InChI is InChI=1S/C17H18FNO/c1-12(20)14-8-4-9-15(18)17(14)19-11-5-7-13-6-2-3-10-16(13)19/h2-4,6,8-10,12,20H,5,7,11H2,1H3. The van der Waals surface area contributed by atoms with Crippen molar-refractivity contribution in [1.29, 1.82) is 0 Å². The molecule has 0 saturated heterocycles. The van der Waals surface area contributed by atoms with Gasteiger partial charge in [-0.2, -0.15) is 0 Å². The van der Waals surface area contributed by atoms with E-state index in [0.717, 1.165) is 25.1 Å². The molecule has 3 heteroatoms. The van der Waals surface area contributed by atoms with Crippen molar-refractivity contribution in [3.63, 3.8) is 0 Å². The molecule has 0 radical (unpaired) electrons. The minimum atomic E-state index is -0.685. The van der Waals surface area contributed by atoms with Crippen LogP contribution in [0.1, 0.15) is 30.6 Å². The molecule has 0 amide bonds. The van der Waals surface area contributed by atoms with E-state index < -0.39 is 6.10 Å². The van der Waals surface area contributed by atoms with Crippen molar-refractivity contribution in [2.24, 2.45) is 0 Å². The molecule has 0 fully saturated rings. The second-order valence-corrected chi connectivity index (χ2v) is 5.24. The van der Waals surface area contributed by atoms with Crippen molar-refractivity contribution in [3.05, 3.63) is 59.4 Å². The SMILES string of the molecule is CC(O)c1cccc(F)c1N1CCCc2ccccc21. The number of hydrogen-bond acceptors (Lipinski definition) is 2. The topological polar surface area (TPSA) is 23.5 Å². The Balaban J connectivity index is 2.16. The molecule has 1 aliphatic rings. The molecular weight excluding hydrogens is 253 g/mol. The number of aliphatic hydroxyl groups excluding tert-OH is 1. The van der Waals surface area contributed by atoms with Gasteiger partial charge in [-0.05, 0) is 37.5 Å². The van der Waals surface area contributed by atoms with Crippen molar-refractivity contribution >= 4 is 11.4 Å². The summed E-state index contributed by atoms with van der Waals surface area (Å²) in [5, 5.41) is 9.91. The van der Waals surface area contributed by atoms with Crippen molar-refractivity contribution in [1.82, 2.24) is 0 Å². The van der Waals surface area contributed by atoms with Gasteiger partial charge in [-0.1, -0.05) is 30.3 Å². The van der Waals surface area contributed by atoms with E-state index in [1.807, 2.05) is 23.1 Å². The molecule has 1 N–H and O–H groups in total. The monoisotopic (exact) mass is 271 g/mol. The van der Waals surface area contributed by atoms with Crippen molar-refractivity contribution in [2.75, 3.05) is 11.4 Å². The molecule has 2 aromatic rings. The summed E-state index contributed by atoms with van der Waals surface area (Å²) in [5.41, 5.74) is 3.43. The van der Waals surface area contributed by atoms with Crippen LogP contribution in [0.3, 0.4) is 0 Å². The average Bonchev–Trinajstić information content (AvgIpc) is 2.46. The fourth-order valence-electron chi connectivity index (χ4n) is 2.92. The van der Waals surface area contributed by atoms with Gasteiger partial charge in [-0.3, -0.25) is 0 Å². The van der Waals surface area contributed by atoms with Crippen LogP contribution in [-0.2, 0) is 6.42 Å². The highest BCUT2D eigenvalue weighted by atomic mass is 19.1. The lowest BCUT2D eigenvalue weighted by atomic mass is 9.99. The quantitative estimate of drug-likeness (QED) is 0.893. The van der Waals surface area contributed by atoms with Gasteiger partial charge >= 0.3 is 0 Å². The van der Waals surface area contributed by atoms with Crippen LogP contribution in [0.15, 0.2) is 42.5 Å². The summed E-state index contributed by atoms with van der Waals surface area (Å²) in [6.07, 6.45) is 1.32. The number of anilines is 2. The van der Waals surface area contributed by atoms with Gasteiger partial charge in [-0.25, -0.2) is 4.39 Å². The molecule has 1 aliphatic heterocycles. The normalized spacial score (nSPS) is 15.8. The van der Waals surface area contributed by atoms with Gasteiger partial charge in [0.1, 0.15) is 5.82 Å². The smallest absolute Gasteiger partial charge is 0.147 e. The lowest BCUT2D eigenvalue weighted by Crippen LogP contribution is -2.26. The van der Waals surface area contributed by atoms with E-state index >= 15 is 0 Å². The van der Waals surface area contributed by atoms with Gasteiger partial charge < -0.3 is 10.0 Å². The van der Waals surface area contributed by atoms with Gasteiger partial charge in [0.05, 0.1) is 11.8 Å². The summed E-state index contributed by atoms with van der Waals surface area (Å²) in [5.74, 6) is -0.278. The van der Waals surface area contributed by atoms with E-state index in [9.17, 15) is 9.50 Å². The number of aliphatic hydroxyl groups is 1. The number of benzene rings is 2. The Bertz CT molecular complexity index is 624. The van der Waals surface area contributed by atoms with Crippen LogP contribution in [0, 0.1) is 5.82 Å². The number of rotatable bonds is 2. The fraction of sp³-hybridized carbons (Fsp3) is 0.294. The summed E-state index contributed by atoms with van der Waals surface area (Å²) < 4.78 is 14.3. The van der Waals surface area contributed by atoms with Gasteiger partial charge in [0, 0.05) is 17.8 Å². The molecule has 2 nitrogen and oxygen atoms in total. The first-order valence-corrected chi connectivity index (χ1v) is 7.00. The van der Waals surface area contributed by atoms with E-state index in [2.05, 4.69) is 6.07 Å². The van der Waals surface area contributed by atoms with Crippen molar-refractivity contribution in [2.45, 2.75) is 25.9 Å². The van der Waals surface area contributed by atoms with Crippen LogP contribution >= 0.6 is 0 Å². The molecule has 2 aromatic carbocycles.